The van der Waals surface area contributed by atoms with E-state index in [1.54, 1.807) is 12.1 Å². The van der Waals surface area contributed by atoms with Crippen LogP contribution in [0.3, 0.4) is 0 Å². The van der Waals surface area contributed by atoms with Crippen molar-refractivity contribution in [1.29, 1.82) is 0 Å². The maximum atomic E-state index is 9.53. The molecule has 1 aromatic carbocycles. The van der Waals surface area contributed by atoms with Gasteiger partial charge in [-0.3, -0.25) is 0 Å². The molecule has 5 nitrogen and oxygen atoms in total. The van der Waals surface area contributed by atoms with Gasteiger partial charge in [-0.1, -0.05) is 18.5 Å². The summed E-state index contributed by atoms with van der Waals surface area (Å²) in [5.74, 6) is 1.03. The Morgan fingerprint density at radius 3 is 2.39 bits per heavy atom. The second-order valence-electron chi connectivity index (χ2n) is 5.80. The second kappa shape index (κ2) is 5.91. The number of benzene rings is 1. The molecule has 0 radical (unpaired) electrons. The fourth-order valence-electron chi connectivity index (χ4n) is 2.91. The van der Waals surface area contributed by atoms with Crippen molar-refractivity contribution in [2.75, 3.05) is 0 Å². The highest BCUT2D eigenvalue weighted by Gasteiger charge is 2.22. The molecule has 0 saturated carbocycles. The van der Waals surface area contributed by atoms with Crippen LogP contribution < -0.4 is 0 Å². The van der Waals surface area contributed by atoms with E-state index in [1.165, 1.54) is 0 Å². The lowest BCUT2D eigenvalue weighted by Crippen LogP contribution is -2.00. The minimum absolute atomic E-state index is 0.241. The first-order chi connectivity index (χ1) is 11.0. The van der Waals surface area contributed by atoms with Gasteiger partial charge in [0.2, 0.25) is 0 Å². The number of aryl methyl sites for hydroxylation is 3. The number of hydrogen-bond donors (Lipinski definition) is 1. The number of phenols is 1. The van der Waals surface area contributed by atoms with Crippen LogP contribution in [0.15, 0.2) is 28.8 Å². The molecule has 5 heteroatoms. The normalized spacial score (nSPS) is 11.1. The quantitative estimate of drug-likeness (QED) is 0.787. The third-order valence-electron chi connectivity index (χ3n) is 4.07. The maximum Gasteiger partial charge on any atom is 0.143 e. The fourth-order valence-corrected chi connectivity index (χ4v) is 2.91. The van der Waals surface area contributed by atoms with Gasteiger partial charge in [-0.15, -0.1) is 0 Å². The summed E-state index contributed by atoms with van der Waals surface area (Å²) in [4.78, 5) is 0. The number of nitrogens with zero attached hydrogens (tertiary/aromatic N) is 3. The van der Waals surface area contributed by atoms with E-state index in [2.05, 4.69) is 19.0 Å². The van der Waals surface area contributed by atoms with Crippen LogP contribution >= 0.6 is 0 Å². The molecule has 0 spiro atoms. The summed E-state index contributed by atoms with van der Waals surface area (Å²) in [5.41, 5.74) is 5.99. The van der Waals surface area contributed by atoms with Crippen LogP contribution in [0.5, 0.6) is 5.75 Å². The van der Waals surface area contributed by atoms with Crippen molar-refractivity contribution in [3.63, 3.8) is 0 Å². The number of aromatic nitrogens is 3. The summed E-state index contributed by atoms with van der Waals surface area (Å²) in [7, 11) is 0. The monoisotopic (exact) mass is 311 g/mol. The summed E-state index contributed by atoms with van der Waals surface area (Å²) < 4.78 is 7.28. The summed E-state index contributed by atoms with van der Waals surface area (Å²) >= 11 is 0. The van der Waals surface area contributed by atoms with Gasteiger partial charge in [0, 0.05) is 0 Å². The Bertz CT molecular complexity index is 809. The van der Waals surface area contributed by atoms with Crippen LogP contribution in [0.2, 0.25) is 0 Å². The molecule has 23 heavy (non-hydrogen) atoms. The largest absolute Gasteiger partial charge is 0.508 e. The fraction of sp³-hybridized carbons (Fsp3) is 0.333. The molecule has 0 amide bonds. The predicted octanol–water partition coefficient (Wildman–Crippen LogP) is 4.11. The summed E-state index contributed by atoms with van der Waals surface area (Å²) in [6.07, 6.45) is 1.96. The van der Waals surface area contributed by atoms with E-state index in [-0.39, 0.29) is 5.75 Å². The molecular formula is C18H21N3O2. The molecular weight excluding hydrogens is 290 g/mol. The van der Waals surface area contributed by atoms with E-state index in [9.17, 15) is 5.11 Å². The van der Waals surface area contributed by atoms with E-state index >= 15 is 0 Å². The Morgan fingerprint density at radius 2 is 1.83 bits per heavy atom. The Balaban J connectivity index is 2.26. The van der Waals surface area contributed by atoms with Gasteiger partial charge in [0.15, 0.2) is 0 Å². The lowest BCUT2D eigenvalue weighted by Gasteiger charge is -2.08. The van der Waals surface area contributed by atoms with Gasteiger partial charge in [-0.25, -0.2) is 4.68 Å². The highest BCUT2D eigenvalue weighted by molar-refractivity contribution is 5.70. The molecule has 0 aliphatic rings. The number of phenolic OH excluding ortho intramolecular Hbond substituents is 1. The van der Waals surface area contributed by atoms with Crippen LogP contribution in [-0.4, -0.2) is 20.0 Å². The Hall–Kier alpha value is -2.56. The zero-order valence-corrected chi connectivity index (χ0v) is 13.9. The van der Waals surface area contributed by atoms with Crippen molar-refractivity contribution in [1.82, 2.24) is 14.9 Å². The van der Waals surface area contributed by atoms with E-state index in [0.29, 0.717) is 0 Å². The average Bonchev–Trinajstić information content (AvgIpc) is 3.01. The molecule has 0 saturated heterocycles. The third kappa shape index (κ3) is 2.63. The van der Waals surface area contributed by atoms with Crippen LogP contribution in [0.25, 0.3) is 16.9 Å². The van der Waals surface area contributed by atoms with Crippen molar-refractivity contribution in [3.8, 4) is 22.7 Å². The molecule has 0 aliphatic carbocycles. The highest BCUT2D eigenvalue weighted by atomic mass is 16.5. The minimum Gasteiger partial charge on any atom is -0.508 e. The highest BCUT2D eigenvalue weighted by Crippen LogP contribution is 2.33. The first-order valence-electron chi connectivity index (χ1n) is 7.84. The topological polar surface area (TPSA) is 64.1 Å². The van der Waals surface area contributed by atoms with Crippen LogP contribution in [0.1, 0.15) is 36.1 Å². The molecule has 3 aromatic rings. The standard InChI is InChI=1S/C18H21N3O2/c1-5-6-16-11(2)18(17-12(3)20-23-13(17)4)21(19-16)14-7-9-15(22)10-8-14/h7-10,22H,5-6H2,1-4H3. The Kier molecular flexibility index (Phi) is 3.94. The molecule has 0 aliphatic heterocycles. The van der Waals surface area contributed by atoms with E-state index in [0.717, 1.165) is 52.5 Å². The van der Waals surface area contributed by atoms with Gasteiger partial charge in [-0.05, 0) is 57.0 Å². The van der Waals surface area contributed by atoms with E-state index < -0.39 is 0 Å². The molecule has 120 valence electrons. The first kappa shape index (κ1) is 15.3. The van der Waals surface area contributed by atoms with Gasteiger partial charge >= 0.3 is 0 Å². The molecule has 0 bridgehead atoms. The van der Waals surface area contributed by atoms with E-state index in [4.69, 9.17) is 9.62 Å². The van der Waals surface area contributed by atoms with E-state index in [1.807, 2.05) is 30.7 Å². The maximum absolute atomic E-state index is 9.53. The van der Waals surface area contributed by atoms with Gasteiger partial charge < -0.3 is 9.63 Å². The lowest BCUT2D eigenvalue weighted by atomic mass is 10.0. The molecule has 0 unspecified atom stereocenters. The van der Waals surface area contributed by atoms with Crippen LogP contribution in [0, 0.1) is 20.8 Å². The van der Waals surface area contributed by atoms with Gasteiger partial charge in [-0.2, -0.15) is 5.10 Å². The molecule has 2 aromatic heterocycles. The molecule has 1 N–H and O–H groups in total. The molecule has 3 rings (SSSR count). The molecule has 0 atom stereocenters. The second-order valence-corrected chi connectivity index (χ2v) is 5.80. The Morgan fingerprint density at radius 1 is 1.13 bits per heavy atom. The van der Waals surface area contributed by atoms with Crippen molar-refractivity contribution in [2.24, 2.45) is 0 Å². The average molecular weight is 311 g/mol. The van der Waals surface area contributed by atoms with Crippen molar-refractivity contribution >= 4 is 0 Å². The van der Waals surface area contributed by atoms with Gasteiger partial charge in [0.25, 0.3) is 0 Å². The first-order valence-corrected chi connectivity index (χ1v) is 7.84. The molecule has 0 fully saturated rings. The van der Waals surface area contributed by atoms with Gasteiger partial charge in [0.1, 0.15) is 11.5 Å². The zero-order valence-electron chi connectivity index (χ0n) is 13.9. The van der Waals surface area contributed by atoms with Gasteiger partial charge in [0.05, 0.1) is 28.3 Å². The summed E-state index contributed by atoms with van der Waals surface area (Å²) in [6.45, 7) is 8.10. The third-order valence-corrected chi connectivity index (χ3v) is 4.07. The minimum atomic E-state index is 0.241. The molecule has 2 heterocycles. The smallest absolute Gasteiger partial charge is 0.143 e. The van der Waals surface area contributed by atoms with Crippen LogP contribution in [-0.2, 0) is 6.42 Å². The van der Waals surface area contributed by atoms with Crippen molar-refractivity contribution in [3.05, 3.63) is 47.0 Å². The SMILES string of the molecule is CCCc1nn(-c2ccc(O)cc2)c(-c2c(C)noc2C)c1C. The predicted molar refractivity (Wildman–Crippen MR) is 88.9 cm³/mol. The number of aromatic hydroxyl groups is 1. The van der Waals surface area contributed by atoms with Crippen LogP contribution in [0.4, 0.5) is 0 Å². The van der Waals surface area contributed by atoms with Crippen molar-refractivity contribution in [2.45, 2.75) is 40.5 Å². The summed E-state index contributed by atoms with van der Waals surface area (Å²) in [5, 5.41) is 18.4. The zero-order chi connectivity index (χ0) is 16.6. The summed E-state index contributed by atoms with van der Waals surface area (Å²) in [6, 6.07) is 7.06. The Labute approximate surface area is 135 Å². The number of hydrogen-bond acceptors (Lipinski definition) is 4. The van der Waals surface area contributed by atoms with Crippen molar-refractivity contribution < 1.29 is 9.63 Å². The lowest BCUT2D eigenvalue weighted by molar-refractivity contribution is 0.393. The number of rotatable bonds is 4.